The van der Waals surface area contributed by atoms with Crippen molar-refractivity contribution in [1.29, 1.82) is 0 Å². The molecule has 0 unspecified atom stereocenters. The zero-order valence-corrected chi connectivity index (χ0v) is 8.40. The molecule has 15 heavy (non-hydrogen) atoms. The third-order valence-electron chi connectivity index (χ3n) is 1.65. The van der Waals surface area contributed by atoms with Crippen LogP contribution in [0.5, 0.6) is 0 Å². The van der Waals surface area contributed by atoms with Crippen molar-refractivity contribution in [1.82, 2.24) is 14.4 Å². The highest BCUT2D eigenvalue weighted by Crippen LogP contribution is 2.29. The lowest BCUT2D eigenvalue weighted by Crippen LogP contribution is -2.04. The fraction of sp³-hybridized carbons (Fsp3) is 0.143. The van der Waals surface area contributed by atoms with Gasteiger partial charge in [0.2, 0.25) is 5.78 Å². The summed E-state index contributed by atoms with van der Waals surface area (Å²) < 4.78 is 37.8. The Morgan fingerprint density at radius 2 is 1.87 bits per heavy atom. The first-order valence-corrected chi connectivity index (χ1v) is 4.42. The van der Waals surface area contributed by atoms with Gasteiger partial charge in [0.05, 0.1) is 0 Å². The van der Waals surface area contributed by atoms with Crippen LogP contribution in [0.15, 0.2) is 12.3 Å². The van der Waals surface area contributed by atoms with E-state index in [9.17, 15) is 13.2 Å². The monoisotopic (exact) mass is 255 g/mol. The minimum absolute atomic E-state index is 0.00757. The maximum absolute atomic E-state index is 12.3. The summed E-state index contributed by atoms with van der Waals surface area (Å²) in [4.78, 5) is 6.87. The molecule has 0 aromatic carbocycles. The molecule has 0 bridgehead atoms. The predicted molar refractivity (Wildman–Crippen MR) is 48.0 cm³/mol. The summed E-state index contributed by atoms with van der Waals surface area (Å²) >= 11 is 11.2. The van der Waals surface area contributed by atoms with E-state index in [-0.39, 0.29) is 16.1 Å². The molecular weight excluding hydrogens is 254 g/mol. The number of alkyl halides is 3. The molecule has 8 heteroatoms. The molecule has 2 aromatic rings. The molecule has 0 aliphatic heterocycles. The lowest BCUT2D eigenvalue weighted by Gasteiger charge is -1.98. The standard InChI is InChI=1S/C7H2Cl2F3N3/c8-4-1-5(9)15-2-3(7(10,11)12)13-6(15)14-4/h1-2H. The van der Waals surface area contributed by atoms with Gasteiger partial charge in [-0.15, -0.1) is 0 Å². The Balaban J connectivity index is 2.71. The van der Waals surface area contributed by atoms with Crippen molar-refractivity contribution in [3.63, 3.8) is 0 Å². The molecule has 0 N–H and O–H groups in total. The Kier molecular flexibility index (Phi) is 2.27. The molecule has 2 rings (SSSR count). The van der Waals surface area contributed by atoms with Crippen molar-refractivity contribution in [2.75, 3.05) is 0 Å². The number of aromatic nitrogens is 3. The fourth-order valence-electron chi connectivity index (χ4n) is 1.04. The van der Waals surface area contributed by atoms with Crippen LogP contribution in [0, 0.1) is 0 Å². The molecule has 0 atom stereocenters. The lowest BCUT2D eigenvalue weighted by molar-refractivity contribution is -0.140. The van der Waals surface area contributed by atoms with Gasteiger partial charge in [-0.05, 0) is 0 Å². The van der Waals surface area contributed by atoms with E-state index in [0.717, 1.165) is 10.6 Å². The van der Waals surface area contributed by atoms with Crippen LogP contribution in [-0.2, 0) is 6.18 Å². The van der Waals surface area contributed by atoms with Crippen LogP contribution in [0.25, 0.3) is 5.78 Å². The van der Waals surface area contributed by atoms with E-state index in [1.54, 1.807) is 0 Å². The van der Waals surface area contributed by atoms with Crippen LogP contribution in [0.1, 0.15) is 5.69 Å². The maximum Gasteiger partial charge on any atom is 0.434 e. The Hall–Kier alpha value is -1.01. The van der Waals surface area contributed by atoms with Gasteiger partial charge in [-0.2, -0.15) is 13.2 Å². The van der Waals surface area contributed by atoms with Gasteiger partial charge in [-0.25, -0.2) is 9.97 Å². The van der Waals surface area contributed by atoms with Crippen LogP contribution < -0.4 is 0 Å². The number of hydrogen-bond donors (Lipinski definition) is 0. The Morgan fingerprint density at radius 1 is 1.20 bits per heavy atom. The van der Waals surface area contributed by atoms with Crippen molar-refractivity contribution in [3.05, 3.63) is 28.3 Å². The first-order chi connectivity index (χ1) is 6.88. The van der Waals surface area contributed by atoms with Gasteiger partial charge in [0.1, 0.15) is 10.3 Å². The largest absolute Gasteiger partial charge is 0.434 e. The second-order valence-corrected chi connectivity index (χ2v) is 3.47. The van der Waals surface area contributed by atoms with Crippen LogP contribution in [0.4, 0.5) is 13.2 Å². The number of hydrogen-bond acceptors (Lipinski definition) is 2. The highest BCUT2D eigenvalue weighted by Gasteiger charge is 2.34. The number of rotatable bonds is 0. The molecule has 0 saturated carbocycles. The van der Waals surface area contributed by atoms with E-state index in [0.29, 0.717) is 0 Å². The first kappa shape index (κ1) is 10.5. The highest BCUT2D eigenvalue weighted by atomic mass is 35.5. The summed E-state index contributed by atoms with van der Waals surface area (Å²) in [5.41, 5.74) is -1.06. The molecule has 0 amide bonds. The summed E-state index contributed by atoms with van der Waals surface area (Å²) in [7, 11) is 0. The second-order valence-electron chi connectivity index (χ2n) is 2.70. The molecule has 0 spiro atoms. The summed E-state index contributed by atoms with van der Waals surface area (Å²) in [6.45, 7) is 0. The first-order valence-electron chi connectivity index (χ1n) is 3.66. The number of fused-ring (bicyclic) bond motifs is 1. The van der Waals surface area contributed by atoms with E-state index in [2.05, 4.69) is 9.97 Å². The summed E-state index contributed by atoms with van der Waals surface area (Å²) in [5.74, 6) is -0.181. The molecule has 80 valence electrons. The number of imidazole rings is 1. The minimum atomic E-state index is -4.52. The maximum atomic E-state index is 12.3. The third-order valence-corrected chi connectivity index (χ3v) is 2.14. The Morgan fingerprint density at radius 3 is 2.47 bits per heavy atom. The van der Waals surface area contributed by atoms with Crippen LogP contribution in [-0.4, -0.2) is 14.4 Å². The summed E-state index contributed by atoms with van der Waals surface area (Å²) in [6.07, 6.45) is -3.76. The Labute approximate surface area is 91.5 Å². The molecule has 0 radical (unpaired) electrons. The van der Waals surface area contributed by atoms with Crippen LogP contribution in [0.3, 0.4) is 0 Å². The molecule has 0 aliphatic rings. The SMILES string of the molecule is FC(F)(F)c1cn2c(Cl)cc(Cl)nc2n1. The van der Waals surface area contributed by atoms with Crippen molar-refractivity contribution in [2.45, 2.75) is 6.18 Å². The smallest absolute Gasteiger partial charge is 0.273 e. The van der Waals surface area contributed by atoms with E-state index in [1.807, 2.05) is 0 Å². The topological polar surface area (TPSA) is 30.2 Å². The fourth-order valence-corrected chi connectivity index (χ4v) is 1.50. The van der Waals surface area contributed by atoms with Crippen molar-refractivity contribution in [2.24, 2.45) is 0 Å². The molecular formula is C7H2Cl2F3N3. The van der Waals surface area contributed by atoms with Crippen LogP contribution >= 0.6 is 23.2 Å². The lowest BCUT2D eigenvalue weighted by atomic mass is 10.5. The van der Waals surface area contributed by atoms with Crippen LogP contribution in [0.2, 0.25) is 10.3 Å². The average Bonchev–Trinajstić information content (AvgIpc) is 2.46. The van der Waals surface area contributed by atoms with Gasteiger partial charge in [0.15, 0.2) is 5.69 Å². The van der Waals surface area contributed by atoms with Gasteiger partial charge in [-0.3, -0.25) is 4.40 Å². The Bertz CT molecular complexity index is 520. The molecule has 0 aliphatic carbocycles. The van der Waals surface area contributed by atoms with Crippen molar-refractivity contribution in [3.8, 4) is 0 Å². The van der Waals surface area contributed by atoms with E-state index >= 15 is 0 Å². The van der Waals surface area contributed by atoms with Crippen molar-refractivity contribution >= 4 is 29.0 Å². The zero-order valence-electron chi connectivity index (χ0n) is 6.89. The van der Waals surface area contributed by atoms with E-state index < -0.39 is 11.9 Å². The highest BCUT2D eigenvalue weighted by molar-refractivity contribution is 6.33. The van der Waals surface area contributed by atoms with E-state index in [4.69, 9.17) is 23.2 Å². The van der Waals surface area contributed by atoms with Gasteiger partial charge in [0, 0.05) is 12.3 Å². The van der Waals surface area contributed by atoms with E-state index in [1.165, 1.54) is 6.07 Å². The molecule has 2 heterocycles. The average molecular weight is 256 g/mol. The minimum Gasteiger partial charge on any atom is -0.273 e. The normalized spacial score (nSPS) is 12.3. The number of nitrogens with zero attached hydrogens (tertiary/aromatic N) is 3. The molecule has 0 fully saturated rings. The second kappa shape index (κ2) is 3.24. The zero-order chi connectivity index (χ0) is 11.2. The molecule has 3 nitrogen and oxygen atoms in total. The van der Waals surface area contributed by atoms with Crippen molar-refractivity contribution < 1.29 is 13.2 Å². The summed E-state index contributed by atoms with van der Waals surface area (Å²) in [6, 6.07) is 1.23. The van der Waals surface area contributed by atoms with Gasteiger partial charge in [-0.1, -0.05) is 23.2 Å². The van der Waals surface area contributed by atoms with Gasteiger partial charge in [0.25, 0.3) is 0 Å². The van der Waals surface area contributed by atoms with Gasteiger partial charge >= 0.3 is 6.18 Å². The van der Waals surface area contributed by atoms with Gasteiger partial charge < -0.3 is 0 Å². The third kappa shape index (κ3) is 1.87. The predicted octanol–water partition coefficient (Wildman–Crippen LogP) is 3.05. The quantitative estimate of drug-likeness (QED) is 0.678. The molecule has 0 saturated heterocycles. The summed E-state index contributed by atoms with van der Waals surface area (Å²) in [5, 5.41) is 0.0137. The molecule has 2 aromatic heterocycles. The number of halogens is 5.